The van der Waals surface area contributed by atoms with Crippen LogP contribution in [0.2, 0.25) is 0 Å². The zero-order chi connectivity index (χ0) is 24.7. The van der Waals surface area contributed by atoms with Gasteiger partial charge in [-0.15, -0.1) is 11.3 Å². The second-order valence-corrected chi connectivity index (χ2v) is 9.42. The zero-order valence-electron chi connectivity index (χ0n) is 18.8. The summed E-state index contributed by atoms with van der Waals surface area (Å²) in [5, 5.41) is 17.0. The van der Waals surface area contributed by atoms with Gasteiger partial charge in [0, 0.05) is 34.7 Å². The predicted octanol–water partition coefficient (Wildman–Crippen LogP) is 4.34. The quantitative estimate of drug-likeness (QED) is 0.439. The van der Waals surface area contributed by atoms with E-state index in [0.717, 1.165) is 11.1 Å². The number of carbonyl (C=O) groups excluding carboxylic acids is 1. The van der Waals surface area contributed by atoms with Crippen LogP contribution in [0.25, 0.3) is 11.1 Å². The van der Waals surface area contributed by atoms with E-state index in [1.54, 1.807) is 29.9 Å². The number of nitrogens with zero attached hydrogens (tertiary/aromatic N) is 2. The standard InChI is InChI=1S/C25H21FN4O4S/c1-25(2)17(9-20(34-25)22-16-5-4-14(26)7-18(16)30-23(22)31)13-3-6-21(27-10-13)29-19(24(32)33)8-15-11-35-12-28-15/h3-7,9-12,19H,8H2,1-2H3,(H,27,29)(H,30,31)(H,32,33)/b22-20+/t19-/m0/s1. The highest BCUT2D eigenvalue weighted by atomic mass is 32.1. The lowest BCUT2D eigenvalue weighted by molar-refractivity contribution is -0.137. The van der Waals surface area contributed by atoms with Crippen LogP contribution < -0.4 is 10.6 Å². The molecule has 5 rings (SSSR count). The average Bonchev–Trinajstić information content (AvgIpc) is 3.50. The molecule has 0 saturated heterocycles. The molecule has 3 N–H and O–H groups in total. The molecule has 4 heterocycles. The summed E-state index contributed by atoms with van der Waals surface area (Å²) in [6.07, 6.45) is 3.66. The number of halogens is 1. The van der Waals surface area contributed by atoms with Crippen molar-refractivity contribution in [3.05, 3.63) is 81.9 Å². The number of carbonyl (C=O) groups is 2. The number of nitrogens with one attached hydrogen (secondary N) is 2. The summed E-state index contributed by atoms with van der Waals surface area (Å²) in [5.74, 6) is -0.979. The van der Waals surface area contributed by atoms with Gasteiger partial charge in [0.25, 0.3) is 5.91 Å². The second kappa shape index (κ2) is 8.62. The molecule has 0 saturated carbocycles. The Morgan fingerprint density at radius 1 is 1.29 bits per heavy atom. The van der Waals surface area contributed by atoms with Crippen molar-refractivity contribution in [1.82, 2.24) is 9.97 Å². The Kier molecular flexibility index (Phi) is 5.60. The number of anilines is 2. The summed E-state index contributed by atoms with van der Waals surface area (Å²) >= 11 is 1.41. The number of hydrogen-bond acceptors (Lipinski definition) is 7. The van der Waals surface area contributed by atoms with Gasteiger partial charge in [0.1, 0.15) is 29.0 Å². The van der Waals surface area contributed by atoms with Crippen molar-refractivity contribution in [1.29, 1.82) is 0 Å². The van der Waals surface area contributed by atoms with Crippen LogP contribution in [0.3, 0.4) is 0 Å². The van der Waals surface area contributed by atoms with Gasteiger partial charge in [-0.3, -0.25) is 4.79 Å². The minimum Gasteiger partial charge on any atom is -0.482 e. The molecule has 0 radical (unpaired) electrons. The van der Waals surface area contributed by atoms with E-state index in [-0.39, 0.29) is 12.3 Å². The number of pyridine rings is 1. The molecular weight excluding hydrogens is 471 g/mol. The molecule has 10 heteroatoms. The van der Waals surface area contributed by atoms with Gasteiger partial charge in [0.2, 0.25) is 0 Å². The van der Waals surface area contributed by atoms with E-state index in [9.17, 15) is 19.1 Å². The Labute approximate surface area is 204 Å². The van der Waals surface area contributed by atoms with Crippen LogP contribution in [0.15, 0.2) is 59.3 Å². The molecule has 0 fully saturated rings. The molecule has 1 amide bonds. The van der Waals surface area contributed by atoms with Crippen LogP contribution in [-0.4, -0.2) is 38.6 Å². The first kappa shape index (κ1) is 22.7. The summed E-state index contributed by atoms with van der Waals surface area (Å²) in [6, 6.07) is 6.79. The van der Waals surface area contributed by atoms with Crippen LogP contribution in [-0.2, 0) is 20.7 Å². The van der Waals surface area contributed by atoms with E-state index < -0.39 is 23.4 Å². The highest BCUT2D eigenvalue weighted by molar-refractivity contribution is 7.07. The van der Waals surface area contributed by atoms with Gasteiger partial charge < -0.3 is 20.5 Å². The maximum Gasteiger partial charge on any atom is 0.326 e. The molecule has 2 aliphatic rings. The Hall–Kier alpha value is -4.05. The Morgan fingerprint density at radius 3 is 2.80 bits per heavy atom. The van der Waals surface area contributed by atoms with Crippen molar-refractivity contribution in [3.8, 4) is 0 Å². The van der Waals surface area contributed by atoms with Crippen LogP contribution in [0.4, 0.5) is 15.9 Å². The van der Waals surface area contributed by atoms with Crippen molar-refractivity contribution in [2.75, 3.05) is 10.6 Å². The maximum absolute atomic E-state index is 13.6. The number of allylic oxidation sites excluding steroid dienone is 1. The topological polar surface area (TPSA) is 113 Å². The number of aliphatic carboxylic acids is 1. The van der Waals surface area contributed by atoms with Crippen LogP contribution >= 0.6 is 11.3 Å². The minimum absolute atomic E-state index is 0.235. The summed E-state index contributed by atoms with van der Waals surface area (Å²) in [5.41, 5.74) is 4.51. The van der Waals surface area contributed by atoms with E-state index in [0.29, 0.717) is 34.1 Å². The first-order chi connectivity index (χ1) is 16.7. The normalized spacial score (nSPS) is 18.9. The molecule has 1 atom stereocenters. The fourth-order valence-electron chi connectivity index (χ4n) is 4.17. The van der Waals surface area contributed by atoms with Gasteiger partial charge in [0.05, 0.1) is 22.5 Å². The Balaban J connectivity index is 1.42. The van der Waals surface area contributed by atoms with Crippen LogP contribution in [0.1, 0.15) is 30.7 Å². The average molecular weight is 493 g/mol. The monoisotopic (exact) mass is 492 g/mol. The molecule has 0 spiro atoms. The Morgan fingerprint density at radius 2 is 2.11 bits per heavy atom. The third kappa shape index (κ3) is 4.40. The van der Waals surface area contributed by atoms with E-state index in [2.05, 4.69) is 20.6 Å². The molecule has 8 nitrogen and oxygen atoms in total. The third-order valence-electron chi connectivity index (χ3n) is 5.85. The SMILES string of the molecule is CC1(C)O/C(=C2/C(=O)Nc3cc(F)ccc32)C=C1c1ccc(N[C@@H](Cc2cscn2)C(=O)O)nc1. The van der Waals surface area contributed by atoms with Gasteiger partial charge in [-0.1, -0.05) is 0 Å². The second-order valence-electron chi connectivity index (χ2n) is 8.70. The van der Waals surface area contributed by atoms with Crippen molar-refractivity contribution < 1.29 is 23.8 Å². The van der Waals surface area contributed by atoms with Crippen molar-refractivity contribution >= 4 is 45.9 Å². The fraction of sp³-hybridized carbons (Fsp3) is 0.200. The predicted molar refractivity (Wildman–Crippen MR) is 130 cm³/mol. The lowest BCUT2D eigenvalue weighted by Gasteiger charge is -2.23. The molecule has 178 valence electrons. The molecule has 3 aromatic rings. The molecule has 0 aliphatic carbocycles. The number of carboxylic acids is 1. The fourth-order valence-corrected chi connectivity index (χ4v) is 4.74. The molecule has 1 aromatic carbocycles. The number of rotatable bonds is 6. The third-order valence-corrected chi connectivity index (χ3v) is 6.49. The summed E-state index contributed by atoms with van der Waals surface area (Å²) in [4.78, 5) is 32.9. The maximum atomic E-state index is 13.6. The number of fused-ring (bicyclic) bond motifs is 1. The largest absolute Gasteiger partial charge is 0.482 e. The van der Waals surface area contributed by atoms with Crippen LogP contribution in [0.5, 0.6) is 0 Å². The number of amides is 1. The van der Waals surface area contributed by atoms with E-state index in [4.69, 9.17) is 4.74 Å². The number of carboxylic acid groups (broad SMARTS) is 1. The first-order valence-electron chi connectivity index (χ1n) is 10.8. The van der Waals surface area contributed by atoms with E-state index in [1.165, 1.54) is 23.5 Å². The number of hydrogen-bond donors (Lipinski definition) is 3. The minimum atomic E-state index is -0.997. The molecule has 2 aliphatic heterocycles. The molecule has 0 unspecified atom stereocenters. The highest BCUT2D eigenvalue weighted by Crippen LogP contribution is 2.44. The zero-order valence-corrected chi connectivity index (χ0v) is 19.6. The van der Waals surface area contributed by atoms with Gasteiger partial charge in [0.15, 0.2) is 0 Å². The van der Waals surface area contributed by atoms with Gasteiger partial charge >= 0.3 is 5.97 Å². The van der Waals surface area contributed by atoms with Gasteiger partial charge in [-0.25, -0.2) is 19.2 Å². The van der Waals surface area contributed by atoms with Crippen molar-refractivity contribution in [2.24, 2.45) is 0 Å². The van der Waals surface area contributed by atoms with Crippen molar-refractivity contribution in [2.45, 2.75) is 31.9 Å². The lowest BCUT2D eigenvalue weighted by atomic mass is 9.93. The van der Waals surface area contributed by atoms with Crippen LogP contribution in [0, 0.1) is 5.82 Å². The van der Waals surface area contributed by atoms with Crippen molar-refractivity contribution in [3.63, 3.8) is 0 Å². The number of ether oxygens (including phenoxy) is 1. The molecule has 0 bridgehead atoms. The molecular formula is C25H21FN4O4S. The Bertz CT molecular complexity index is 1380. The summed E-state index contributed by atoms with van der Waals surface area (Å²) < 4.78 is 19.7. The smallest absolute Gasteiger partial charge is 0.326 e. The van der Waals surface area contributed by atoms with E-state index >= 15 is 0 Å². The summed E-state index contributed by atoms with van der Waals surface area (Å²) in [6.45, 7) is 3.76. The van der Waals surface area contributed by atoms with Gasteiger partial charge in [-0.2, -0.15) is 0 Å². The number of thiazole rings is 1. The van der Waals surface area contributed by atoms with E-state index in [1.807, 2.05) is 25.3 Å². The highest BCUT2D eigenvalue weighted by Gasteiger charge is 2.38. The lowest BCUT2D eigenvalue weighted by Crippen LogP contribution is -2.32. The number of benzene rings is 1. The number of aromatic nitrogens is 2. The summed E-state index contributed by atoms with van der Waals surface area (Å²) in [7, 11) is 0. The first-order valence-corrected chi connectivity index (χ1v) is 11.7. The molecule has 35 heavy (non-hydrogen) atoms. The van der Waals surface area contributed by atoms with Gasteiger partial charge in [-0.05, 0) is 50.3 Å². The molecule has 2 aromatic heterocycles.